The average Bonchev–Trinajstić information content (AvgIpc) is 3.21. The maximum Gasteiger partial charge on any atom is 0.451 e. The number of nitriles is 1. The molecule has 1 N–H and O–H groups in total. The van der Waals surface area contributed by atoms with Crippen LogP contribution in [0.3, 0.4) is 0 Å². The van der Waals surface area contributed by atoms with Crippen molar-refractivity contribution >= 4 is 15.7 Å². The van der Waals surface area contributed by atoms with E-state index in [9.17, 15) is 40.4 Å². The van der Waals surface area contributed by atoms with Gasteiger partial charge in [-0.25, -0.2) is 27.2 Å². The number of nitrogens with zero attached hydrogens (tertiary/aromatic N) is 3. The number of benzene rings is 2. The molecule has 1 aromatic heterocycles. The second kappa shape index (κ2) is 10.7. The summed E-state index contributed by atoms with van der Waals surface area (Å²) in [6.45, 7) is 1.16. The summed E-state index contributed by atoms with van der Waals surface area (Å²) in [5.41, 5.74) is 1.06. The van der Waals surface area contributed by atoms with E-state index in [0.29, 0.717) is 11.1 Å². The molecule has 1 aliphatic rings. The van der Waals surface area contributed by atoms with E-state index >= 15 is 0 Å². The molecule has 4 rings (SSSR count). The van der Waals surface area contributed by atoms with Crippen LogP contribution in [0.15, 0.2) is 59.8 Å². The third kappa shape index (κ3) is 5.75. The molecule has 1 unspecified atom stereocenters. The minimum Gasteiger partial charge on any atom is -0.352 e. The molecule has 0 radical (unpaired) electrons. The smallest absolute Gasteiger partial charge is 0.352 e. The Kier molecular flexibility index (Phi) is 7.70. The van der Waals surface area contributed by atoms with Gasteiger partial charge in [-0.1, -0.05) is 13.0 Å². The van der Waals surface area contributed by atoms with Crippen LogP contribution in [-0.2, 0) is 27.4 Å². The Morgan fingerprint density at radius 3 is 2.33 bits per heavy atom. The standard InChI is InChI=1S/C26H21F5N4O3S/c1-14-22(28)9-21(23(14)39(37,38)20-6-4-19(27)5-7-20)24(36)33-11-17-8-15(2-3-16(17)10-32)18-12-34-25(35-13-18)26(29,30)31/h2-8,12-14,21-23H,9,11H2,1H3,(H,33,36)/t14-,21+,22+,23?/m0/s1. The Hall–Kier alpha value is -3.92. The molecule has 0 spiro atoms. The minimum atomic E-state index is -4.71. The molecular weight excluding hydrogens is 543 g/mol. The van der Waals surface area contributed by atoms with Gasteiger partial charge in [-0.15, -0.1) is 0 Å². The fourth-order valence-electron chi connectivity index (χ4n) is 4.67. The predicted molar refractivity (Wildman–Crippen MR) is 129 cm³/mol. The van der Waals surface area contributed by atoms with E-state index in [1.807, 2.05) is 6.07 Å². The highest BCUT2D eigenvalue weighted by molar-refractivity contribution is 7.92. The number of halogens is 5. The Balaban J connectivity index is 1.56. The summed E-state index contributed by atoms with van der Waals surface area (Å²) in [5.74, 6) is -4.96. The molecule has 4 atom stereocenters. The summed E-state index contributed by atoms with van der Waals surface area (Å²) >= 11 is 0. The van der Waals surface area contributed by atoms with Gasteiger partial charge in [0, 0.05) is 30.4 Å². The topological polar surface area (TPSA) is 113 Å². The van der Waals surface area contributed by atoms with Crippen LogP contribution in [0.5, 0.6) is 0 Å². The lowest BCUT2D eigenvalue weighted by atomic mass is 10.0. The lowest BCUT2D eigenvalue weighted by molar-refractivity contribution is -0.145. The summed E-state index contributed by atoms with van der Waals surface area (Å²) in [6, 6.07) is 10.4. The van der Waals surface area contributed by atoms with Gasteiger partial charge in [0.1, 0.15) is 12.0 Å². The maximum absolute atomic E-state index is 14.7. The van der Waals surface area contributed by atoms with Crippen molar-refractivity contribution in [2.45, 2.75) is 42.4 Å². The first kappa shape index (κ1) is 28.1. The second-order valence-electron chi connectivity index (χ2n) is 9.18. The Labute approximate surface area is 220 Å². The lowest BCUT2D eigenvalue weighted by Gasteiger charge is -2.23. The highest BCUT2D eigenvalue weighted by atomic mass is 32.2. The van der Waals surface area contributed by atoms with Gasteiger partial charge in [0.2, 0.25) is 11.7 Å². The molecule has 1 heterocycles. The van der Waals surface area contributed by atoms with E-state index in [4.69, 9.17) is 0 Å². The van der Waals surface area contributed by atoms with Crippen molar-refractivity contribution in [2.75, 3.05) is 0 Å². The van der Waals surface area contributed by atoms with Crippen molar-refractivity contribution in [3.8, 4) is 17.2 Å². The average molecular weight is 565 g/mol. The second-order valence-corrected chi connectivity index (χ2v) is 11.3. The van der Waals surface area contributed by atoms with Gasteiger partial charge in [0.05, 0.1) is 27.7 Å². The number of amides is 1. The number of rotatable bonds is 6. The number of carbonyl (C=O) groups excluding carboxylic acids is 1. The molecule has 7 nitrogen and oxygen atoms in total. The van der Waals surface area contributed by atoms with Gasteiger partial charge >= 0.3 is 6.18 Å². The quantitative estimate of drug-likeness (QED) is 0.345. The van der Waals surface area contributed by atoms with Crippen molar-refractivity contribution in [2.24, 2.45) is 11.8 Å². The van der Waals surface area contributed by atoms with Crippen LogP contribution < -0.4 is 5.32 Å². The minimum absolute atomic E-state index is 0.158. The first-order valence-corrected chi connectivity index (χ1v) is 13.2. The van der Waals surface area contributed by atoms with Gasteiger partial charge in [-0.3, -0.25) is 4.79 Å². The van der Waals surface area contributed by atoms with Crippen LogP contribution in [0.25, 0.3) is 11.1 Å². The van der Waals surface area contributed by atoms with Crippen molar-refractivity contribution in [3.05, 3.63) is 77.6 Å². The zero-order valence-corrected chi connectivity index (χ0v) is 21.1. The summed E-state index contributed by atoms with van der Waals surface area (Å²) in [7, 11) is -4.20. The van der Waals surface area contributed by atoms with Gasteiger partial charge in [0.25, 0.3) is 0 Å². The van der Waals surface area contributed by atoms with Crippen LogP contribution in [0.4, 0.5) is 22.0 Å². The van der Waals surface area contributed by atoms with Crippen LogP contribution in [0, 0.1) is 29.0 Å². The largest absolute Gasteiger partial charge is 0.451 e. The van der Waals surface area contributed by atoms with Gasteiger partial charge in [-0.2, -0.15) is 18.4 Å². The SMILES string of the molecule is C[C@@H]1C(S(=O)(=O)c2ccc(F)cc2)[C@H](C(=O)NCc2cc(-c3cnc(C(F)(F)F)nc3)ccc2C#N)C[C@H]1F. The van der Waals surface area contributed by atoms with Gasteiger partial charge in [0.15, 0.2) is 9.84 Å². The number of hydrogen-bond acceptors (Lipinski definition) is 6. The van der Waals surface area contributed by atoms with E-state index in [2.05, 4.69) is 15.3 Å². The highest BCUT2D eigenvalue weighted by Gasteiger charge is 2.51. The Morgan fingerprint density at radius 1 is 1.10 bits per heavy atom. The van der Waals surface area contributed by atoms with Crippen LogP contribution in [0.1, 0.15) is 30.3 Å². The first-order chi connectivity index (χ1) is 18.3. The molecular formula is C26H21F5N4O3S. The molecule has 39 heavy (non-hydrogen) atoms. The van der Waals surface area contributed by atoms with Gasteiger partial charge < -0.3 is 5.32 Å². The molecule has 1 aliphatic carbocycles. The molecule has 0 saturated heterocycles. The molecule has 204 valence electrons. The van der Waals surface area contributed by atoms with Crippen molar-refractivity contribution < 1.29 is 35.2 Å². The monoisotopic (exact) mass is 564 g/mol. The van der Waals surface area contributed by atoms with Crippen molar-refractivity contribution in [3.63, 3.8) is 0 Å². The fraction of sp³-hybridized carbons (Fsp3) is 0.308. The number of sulfone groups is 1. The number of aromatic nitrogens is 2. The van der Waals surface area contributed by atoms with Crippen molar-refractivity contribution in [1.29, 1.82) is 5.26 Å². The molecule has 1 amide bonds. The van der Waals surface area contributed by atoms with Crippen LogP contribution in [0.2, 0.25) is 0 Å². The molecule has 1 fully saturated rings. The zero-order valence-electron chi connectivity index (χ0n) is 20.3. The molecule has 13 heteroatoms. The molecule has 2 aromatic carbocycles. The first-order valence-electron chi connectivity index (χ1n) is 11.7. The third-order valence-corrected chi connectivity index (χ3v) is 9.12. The van der Waals surface area contributed by atoms with E-state index in [1.54, 1.807) is 0 Å². The number of nitrogens with one attached hydrogen (secondary N) is 1. The summed E-state index contributed by atoms with van der Waals surface area (Å²) < 4.78 is 92.9. The van der Waals surface area contributed by atoms with E-state index in [1.165, 1.54) is 25.1 Å². The maximum atomic E-state index is 14.7. The summed E-state index contributed by atoms with van der Waals surface area (Å²) in [6.07, 6.45) is -4.67. The number of carbonyl (C=O) groups is 1. The molecule has 1 saturated carbocycles. The summed E-state index contributed by atoms with van der Waals surface area (Å²) in [5, 5.41) is 10.6. The molecule has 0 aliphatic heterocycles. The third-order valence-electron chi connectivity index (χ3n) is 6.72. The number of hydrogen-bond donors (Lipinski definition) is 1. The molecule has 3 aromatic rings. The number of alkyl halides is 4. The van der Waals surface area contributed by atoms with Gasteiger partial charge in [-0.05, 0) is 53.9 Å². The van der Waals surface area contributed by atoms with Crippen LogP contribution in [-0.4, -0.2) is 35.7 Å². The zero-order chi connectivity index (χ0) is 28.5. The van der Waals surface area contributed by atoms with E-state index < -0.39 is 56.8 Å². The normalized spacial score (nSPS) is 21.4. The van der Waals surface area contributed by atoms with Crippen LogP contribution >= 0.6 is 0 Å². The molecule has 0 bridgehead atoms. The predicted octanol–water partition coefficient (Wildman–Crippen LogP) is 4.63. The lowest BCUT2D eigenvalue weighted by Crippen LogP contribution is -2.40. The van der Waals surface area contributed by atoms with E-state index in [0.717, 1.165) is 36.7 Å². The Morgan fingerprint density at radius 2 is 1.74 bits per heavy atom. The Bertz CT molecular complexity index is 1520. The fourth-order valence-corrected chi connectivity index (χ4v) is 6.90. The van der Waals surface area contributed by atoms with E-state index in [-0.39, 0.29) is 29.0 Å². The van der Waals surface area contributed by atoms with Crippen molar-refractivity contribution in [1.82, 2.24) is 15.3 Å². The summed E-state index contributed by atoms with van der Waals surface area (Å²) in [4.78, 5) is 19.5. The highest BCUT2D eigenvalue weighted by Crippen LogP contribution is 2.41.